The summed E-state index contributed by atoms with van der Waals surface area (Å²) in [4.78, 5) is 17.4. The lowest BCUT2D eigenvalue weighted by molar-refractivity contribution is 0.102. The molecule has 3 aromatic rings. The van der Waals surface area contributed by atoms with E-state index in [2.05, 4.69) is 46.2 Å². The lowest BCUT2D eigenvalue weighted by Gasteiger charge is -2.14. The van der Waals surface area contributed by atoms with Crippen LogP contribution in [0, 0.1) is 11.6 Å². The van der Waals surface area contributed by atoms with Crippen molar-refractivity contribution in [1.82, 2.24) is 20.8 Å². The van der Waals surface area contributed by atoms with Gasteiger partial charge in [0, 0.05) is 23.9 Å². The molecule has 224 valence electrons. The summed E-state index contributed by atoms with van der Waals surface area (Å²) in [5.41, 5.74) is 6.22. The molecule has 0 spiro atoms. The molecule has 0 aliphatic rings. The molecule has 5 N–H and O–H groups in total. The van der Waals surface area contributed by atoms with Crippen LogP contribution in [0.4, 0.5) is 14.5 Å². The molecule has 0 aliphatic carbocycles. The summed E-state index contributed by atoms with van der Waals surface area (Å²) >= 11 is 1.14. The third kappa shape index (κ3) is 9.10. The van der Waals surface area contributed by atoms with Crippen LogP contribution >= 0.6 is 11.8 Å². The summed E-state index contributed by atoms with van der Waals surface area (Å²) in [5, 5.41) is 13.1. The van der Waals surface area contributed by atoms with E-state index < -0.39 is 17.5 Å². The monoisotopic (exact) mass is 598 g/mol. The third-order valence-corrected chi connectivity index (χ3v) is 7.04. The molecule has 1 aromatic heterocycles. The van der Waals surface area contributed by atoms with Crippen LogP contribution in [-0.4, -0.2) is 29.7 Å². The number of nitrogens with two attached hydrogens (primary N) is 1. The number of amides is 1. The maximum absolute atomic E-state index is 14.8. The maximum Gasteiger partial charge on any atom is 0.266 e. The quantitative estimate of drug-likeness (QED) is 0.132. The van der Waals surface area contributed by atoms with Crippen LogP contribution in [0.25, 0.3) is 16.3 Å². The van der Waals surface area contributed by atoms with Crippen LogP contribution in [0.1, 0.15) is 62.2 Å². The Morgan fingerprint density at radius 3 is 2.60 bits per heavy atom. The maximum atomic E-state index is 14.8. The van der Waals surface area contributed by atoms with Crippen molar-refractivity contribution in [3.05, 3.63) is 89.2 Å². The van der Waals surface area contributed by atoms with Crippen molar-refractivity contribution in [3.63, 3.8) is 0 Å². The number of anilines is 1. The Hall–Kier alpha value is -4.32. The minimum atomic E-state index is -0.970. The molecule has 2 aromatic carbocycles. The Kier molecular flexibility index (Phi) is 12.0. The van der Waals surface area contributed by atoms with Crippen LogP contribution < -0.4 is 26.4 Å². The number of nitrogens with zero attached hydrogens (tertiary/aromatic N) is 2. The minimum Gasteiger partial charge on any atom is -0.497 e. The molecule has 0 saturated carbocycles. The lowest BCUT2D eigenvalue weighted by Crippen LogP contribution is -2.24. The summed E-state index contributed by atoms with van der Waals surface area (Å²) in [6.07, 6.45) is 5.81. The second-order valence-electron chi connectivity index (χ2n) is 9.40. The molecule has 1 heterocycles. The zero-order chi connectivity index (χ0) is 30.6. The van der Waals surface area contributed by atoms with Crippen LogP contribution in [0.15, 0.2) is 70.6 Å². The molecule has 0 bridgehead atoms. The molecular weight excluding hydrogens is 562 g/mol. The minimum absolute atomic E-state index is 0.0122. The fourth-order valence-corrected chi connectivity index (χ4v) is 4.57. The molecule has 0 aliphatic heterocycles. The van der Waals surface area contributed by atoms with Crippen molar-refractivity contribution in [2.45, 2.75) is 46.0 Å². The van der Waals surface area contributed by atoms with Crippen molar-refractivity contribution < 1.29 is 22.8 Å². The molecule has 0 fully saturated rings. The number of ether oxygens (including phenoxy) is 1. The fraction of sp³-hybridized carbons (Fsp3) is 0.300. The number of carbonyl (C=O) groups excluding carboxylic acids is 1. The number of rotatable bonds is 16. The van der Waals surface area contributed by atoms with Crippen LogP contribution in [-0.2, 0) is 0 Å². The summed E-state index contributed by atoms with van der Waals surface area (Å²) in [5.74, 6) is -1.63. The smallest absolute Gasteiger partial charge is 0.266 e. The average Bonchev–Trinajstić information content (AvgIpc) is 3.44. The third-order valence-electron chi connectivity index (χ3n) is 5.99. The Bertz CT molecular complexity index is 1450. The van der Waals surface area contributed by atoms with Crippen molar-refractivity contribution in [2.24, 2.45) is 5.73 Å². The molecule has 1 amide bonds. The number of hydrogen-bond acceptors (Lipinski definition) is 9. The first kappa shape index (κ1) is 32.2. The number of unbranched alkanes of at least 4 members (excludes halogenated alkanes) is 4. The number of halogens is 2. The Morgan fingerprint density at radius 1 is 1.12 bits per heavy atom. The second kappa shape index (κ2) is 15.6. The van der Waals surface area contributed by atoms with E-state index in [1.165, 1.54) is 38.5 Å². The van der Waals surface area contributed by atoms with Gasteiger partial charge in [0.05, 0.1) is 34.1 Å². The summed E-state index contributed by atoms with van der Waals surface area (Å²) in [6, 6.07) is 8.06. The SMILES string of the molecule is C=C(NCCCCCCC)NC(=C)S/C(=C(\C)N)c1nc(-c2cc(NC(=O)c3cccc(OC)c3)c(F)cc2F)no1. The van der Waals surface area contributed by atoms with E-state index in [1.807, 2.05) is 0 Å². The van der Waals surface area contributed by atoms with Gasteiger partial charge in [-0.15, -0.1) is 0 Å². The lowest BCUT2D eigenvalue weighted by atomic mass is 10.1. The molecule has 0 unspecified atom stereocenters. The van der Waals surface area contributed by atoms with Crippen molar-refractivity contribution in [3.8, 4) is 17.1 Å². The zero-order valence-corrected chi connectivity index (χ0v) is 24.8. The van der Waals surface area contributed by atoms with E-state index in [0.29, 0.717) is 33.3 Å². The van der Waals surface area contributed by atoms with Gasteiger partial charge < -0.3 is 30.9 Å². The molecule has 42 heavy (non-hydrogen) atoms. The Balaban J connectivity index is 1.70. The predicted octanol–water partition coefficient (Wildman–Crippen LogP) is 6.75. The van der Waals surface area contributed by atoms with Gasteiger partial charge in [0.1, 0.15) is 17.4 Å². The van der Waals surface area contributed by atoms with Crippen LogP contribution in [0.5, 0.6) is 5.75 Å². The summed E-state index contributed by atoms with van der Waals surface area (Å²) in [6.45, 7) is 12.6. The highest BCUT2D eigenvalue weighted by Crippen LogP contribution is 2.34. The van der Waals surface area contributed by atoms with Crippen LogP contribution in [0.3, 0.4) is 0 Å². The zero-order valence-electron chi connectivity index (χ0n) is 24.0. The highest BCUT2D eigenvalue weighted by Gasteiger charge is 2.21. The van der Waals surface area contributed by atoms with E-state index >= 15 is 0 Å². The highest BCUT2D eigenvalue weighted by atomic mass is 32.2. The van der Waals surface area contributed by atoms with E-state index in [0.717, 1.165) is 37.2 Å². The number of nitrogens with one attached hydrogen (secondary N) is 3. The molecule has 0 atom stereocenters. The van der Waals surface area contributed by atoms with Gasteiger partial charge in [0.25, 0.3) is 11.8 Å². The van der Waals surface area contributed by atoms with Gasteiger partial charge >= 0.3 is 0 Å². The van der Waals surface area contributed by atoms with Gasteiger partial charge in [-0.25, -0.2) is 8.78 Å². The van der Waals surface area contributed by atoms with Gasteiger partial charge in [-0.05, 0) is 37.6 Å². The van der Waals surface area contributed by atoms with E-state index in [9.17, 15) is 13.6 Å². The van der Waals surface area contributed by atoms with E-state index in [4.69, 9.17) is 15.0 Å². The number of thioether (sulfide) groups is 1. The number of allylic oxidation sites excluding steroid dienone is 1. The van der Waals surface area contributed by atoms with E-state index in [1.54, 1.807) is 19.1 Å². The standard InChI is InChI=1S/C30H36F2N6O3S/c1-6-7-8-9-10-14-34-19(3)35-20(4)42-27(18(2)33)30-37-28(38-41-30)23-16-26(25(32)17-24(23)31)36-29(39)21-12-11-13-22(15-21)40-5/h11-13,15-17,34-35H,3-4,6-10,14,33H2,1-2,5H3,(H,36,39)/b27-18+. The molecular formula is C30H36F2N6O3S. The summed E-state index contributed by atoms with van der Waals surface area (Å²) < 4.78 is 39.9. The first-order chi connectivity index (χ1) is 20.1. The predicted molar refractivity (Wildman–Crippen MR) is 163 cm³/mol. The second-order valence-corrected chi connectivity index (χ2v) is 10.5. The van der Waals surface area contributed by atoms with Crippen molar-refractivity contribution in [1.29, 1.82) is 0 Å². The molecule has 12 heteroatoms. The fourth-order valence-electron chi connectivity index (χ4n) is 3.82. The number of methoxy groups -OCH3 is 1. The normalized spacial score (nSPS) is 11.5. The first-order valence-corrected chi connectivity index (χ1v) is 14.3. The van der Waals surface area contributed by atoms with Crippen molar-refractivity contribution >= 4 is 28.3 Å². The Morgan fingerprint density at radius 2 is 1.88 bits per heavy atom. The molecule has 3 rings (SSSR count). The Labute approximate surface area is 248 Å². The highest BCUT2D eigenvalue weighted by molar-refractivity contribution is 8.11. The average molecular weight is 599 g/mol. The van der Waals surface area contributed by atoms with Crippen LogP contribution in [0.2, 0.25) is 0 Å². The van der Waals surface area contributed by atoms with Gasteiger partial charge in [0.15, 0.2) is 0 Å². The molecule has 9 nitrogen and oxygen atoms in total. The van der Waals surface area contributed by atoms with Gasteiger partial charge in [-0.3, -0.25) is 4.79 Å². The largest absolute Gasteiger partial charge is 0.497 e. The first-order valence-electron chi connectivity index (χ1n) is 13.4. The number of benzene rings is 2. The topological polar surface area (TPSA) is 127 Å². The summed E-state index contributed by atoms with van der Waals surface area (Å²) in [7, 11) is 1.46. The van der Waals surface area contributed by atoms with Gasteiger partial charge in [0.2, 0.25) is 5.82 Å². The molecule has 0 saturated heterocycles. The van der Waals surface area contributed by atoms with Crippen molar-refractivity contribution in [2.75, 3.05) is 19.0 Å². The molecule has 0 radical (unpaired) electrons. The number of aromatic nitrogens is 2. The number of carbonyl (C=O) groups is 1. The van der Waals surface area contributed by atoms with E-state index in [-0.39, 0.29) is 28.5 Å². The number of hydrogen-bond donors (Lipinski definition) is 4. The van der Waals surface area contributed by atoms with Gasteiger partial charge in [-0.1, -0.05) is 68.7 Å². The van der Waals surface area contributed by atoms with Gasteiger partial charge in [-0.2, -0.15) is 4.98 Å².